The Balaban J connectivity index is 2.67. The van der Waals surface area contributed by atoms with Gasteiger partial charge in [0, 0.05) is 12.4 Å². The maximum atomic E-state index is 4.84. The second-order valence-corrected chi connectivity index (χ2v) is 2.49. The number of rotatable bonds is 1. The van der Waals surface area contributed by atoms with Crippen LogP contribution in [0.2, 0.25) is 0 Å². The van der Waals surface area contributed by atoms with Gasteiger partial charge in [0.05, 0.1) is 6.20 Å². The maximum Gasteiger partial charge on any atom is 0.239 e. The van der Waals surface area contributed by atoms with E-state index in [0.717, 1.165) is 0 Å². The van der Waals surface area contributed by atoms with Crippen molar-refractivity contribution >= 4 is 29.2 Å². The summed E-state index contributed by atoms with van der Waals surface area (Å²) >= 11 is 8.30. The van der Waals surface area contributed by atoms with Gasteiger partial charge in [0.1, 0.15) is 0 Å². The molecule has 1 rings (SSSR count). The molecule has 0 radical (unpaired) electrons. The van der Waals surface area contributed by atoms with Crippen LogP contribution in [0.4, 0.5) is 0 Å². The molecule has 52 valence electrons. The van der Waals surface area contributed by atoms with Gasteiger partial charge in [-0.2, -0.15) is 0 Å². The van der Waals surface area contributed by atoms with Crippen LogP contribution in [0.5, 0.6) is 5.88 Å². The molecule has 0 saturated carbocycles. The molecule has 0 amide bonds. The molecule has 0 aliphatic carbocycles. The Morgan fingerprint density at radius 3 is 2.90 bits per heavy atom. The summed E-state index contributed by atoms with van der Waals surface area (Å²) < 4.78 is 4.98. The lowest BCUT2D eigenvalue weighted by Crippen LogP contribution is -1.97. The topological polar surface area (TPSA) is 35.0 Å². The monoisotopic (exact) mass is 172 g/mol. The standard InChI is InChI=1S/C5H4N2OS2/c9-5(10)8-4-3-6-1-2-7-4/h1-3H,(H,9,10). The van der Waals surface area contributed by atoms with Gasteiger partial charge in [-0.05, 0) is 12.2 Å². The average molecular weight is 172 g/mol. The molecule has 5 heteroatoms. The van der Waals surface area contributed by atoms with Gasteiger partial charge in [-0.1, -0.05) is 12.6 Å². The van der Waals surface area contributed by atoms with Crippen LogP contribution in [0, 0.1) is 0 Å². The Morgan fingerprint density at radius 2 is 2.40 bits per heavy atom. The zero-order chi connectivity index (χ0) is 7.40. The molecule has 1 aromatic heterocycles. The second kappa shape index (κ2) is 3.48. The van der Waals surface area contributed by atoms with Gasteiger partial charge in [0.25, 0.3) is 0 Å². The van der Waals surface area contributed by atoms with Crippen LogP contribution >= 0.6 is 24.8 Å². The SMILES string of the molecule is S=C(S)Oc1cnccn1. The summed E-state index contributed by atoms with van der Waals surface area (Å²) in [5.41, 5.74) is 0. The summed E-state index contributed by atoms with van der Waals surface area (Å²) in [7, 11) is 0. The van der Waals surface area contributed by atoms with Crippen LogP contribution in [0.15, 0.2) is 18.6 Å². The lowest BCUT2D eigenvalue weighted by Gasteiger charge is -1.96. The number of thiol groups is 1. The van der Waals surface area contributed by atoms with Gasteiger partial charge in [-0.3, -0.25) is 4.98 Å². The second-order valence-electron chi connectivity index (χ2n) is 1.41. The molecular formula is C5H4N2OS2. The quantitative estimate of drug-likeness (QED) is 0.507. The van der Waals surface area contributed by atoms with Gasteiger partial charge in [0.15, 0.2) is 0 Å². The smallest absolute Gasteiger partial charge is 0.239 e. The van der Waals surface area contributed by atoms with Gasteiger partial charge in [0.2, 0.25) is 10.3 Å². The highest BCUT2D eigenvalue weighted by molar-refractivity contribution is 8.10. The van der Waals surface area contributed by atoms with Crippen molar-refractivity contribution in [3.63, 3.8) is 0 Å². The number of thiocarbonyl (C=S) groups is 1. The normalized spacial score (nSPS) is 8.90. The summed E-state index contributed by atoms with van der Waals surface area (Å²) in [6, 6.07) is 0. The number of ether oxygens (including phenoxy) is 1. The van der Waals surface area contributed by atoms with E-state index in [-0.39, 0.29) is 4.38 Å². The lowest BCUT2D eigenvalue weighted by molar-refractivity contribution is 0.550. The Hall–Kier alpha value is -0.680. The first-order chi connectivity index (χ1) is 4.79. The molecule has 10 heavy (non-hydrogen) atoms. The maximum absolute atomic E-state index is 4.84. The highest BCUT2D eigenvalue weighted by Crippen LogP contribution is 2.02. The highest BCUT2D eigenvalue weighted by atomic mass is 32.1. The molecule has 0 spiro atoms. The van der Waals surface area contributed by atoms with Crippen LogP contribution < -0.4 is 4.74 Å². The largest absolute Gasteiger partial charge is 0.420 e. The fourth-order valence-corrected chi connectivity index (χ4v) is 0.606. The Kier molecular flexibility index (Phi) is 2.58. The van der Waals surface area contributed by atoms with E-state index in [4.69, 9.17) is 4.74 Å². The predicted octanol–water partition coefficient (Wildman–Crippen LogP) is 1.07. The number of aromatic nitrogens is 2. The average Bonchev–Trinajstić information content (AvgIpc) is 1.88. The molecule has 0 atom stereocenters. The number of hydrogen-bond acceptors (Lipinski definition) is 4. The van der Waals surface area contributed by atoms with Crippen molar-refractivity contribution < 1.29 is 4.74 Å². The van der Waals surface area contributed by atoms with E-state index in [2.05, 4.69) is 34.8 Å². The van der Waals surface area contributed by atoms with E-state index in [9.17, 15) is 0 Å². The highest BCUT2D eigenvalue weighted by Gasteiger charge is 1.93. The van der Waals surface area contributed by atoms with Crippen molar-refractivity contribution in [2.75, 3.05) is 0 Å². The van der Waals surface area contributed by atoms with Crippen LogP contribution in [-0.4, -0.2) is 14.4 Å². The minimum absolute atomic E-state index is 0.139. The molecule has 0 saturated heterocycles. The fourth-order valence-electron chi connectivity index (χ4n) is 0.428. The van der Waals surface area contributed by atoms with Crippen LogP contribution in [0.25, 0.3) is 0 Å². The van der Waals surface area contributed by atoms with Crippen molar-refractivity contribution in [1.82, 2.24) is 9.97 Å². The predicted molar refractivity (Wildman–Crippen MR) is 44.2 cm³/mol. The minimum atomic E-state index is 0.139. The van der Waals surface area contributed by atoms with Crippen LogP contribution in [0.1, 0.15) is 0 Å². The molecule has 0 aliphatic rings. The molecular weight excluding hydrogens is 168 g/mol. The molecule has 0 aromatic carbocycles. The molecule has 0 N–H and O–H groups in total. The summed E-state index contributed by atoms with van der Waals surface area (Å²) in [5, 5.41) is 0. The van der Waals surface area contributed by atoms with Crippen molar-refractivity contribution in [2.24, 2.45) is 0 Å². The summed E-state index contributed by atoms with van der Waals surface area (Å²) in [5.74, 6) is 0.363. The minimum Gasteiger partial charge on any atom is -0.420 e. The third-order valence-electron chi connectivity index (χ3n) is 0.731. The van der Waals surface area contributed by atoms with Crippen molar-refractivity contribution in [3.05, 3.63) is 18.6 Å². The molecule has 0 aliphatic heterocycles. The van der Waals surface area contributed by atoms with Crippen molar-refractivity contribution in [2.45, 2.75) is 0 Å². The first-order valence-electron chi connectivity index (χ1n) is 2.46. The van der Waals surface area contributed by atoms with Gasteiger partial charge >= 0.3 is 0 Å². The van der Waals surface area contributed by atoms with Gasteiger partial charge < -0.3 is 4.74 Å². The molecule has 1 aromatic rings. The third-order valence-corrected chi connectivity index (χ3v) is 0.906. The summed E-state index contributed by atoms with van der Waals surface area (Å²) in [6.45, 7) is 0. The fraction of sp³-hybridized carbons (Fsp3) is 0. The summed E-state index contributed by atoms with van der Waals surface area (Å²) in [6.07, 6.45) is 4.53. The zero-order valence-electron chi connectivity index (χ0n) is 4.89. The van der Waals surface area contributed by atoms with Crippen LogP contribution in [0.3, 0.4) is 0 Å². The Bertz CT molecular complexity index is 226. The lowest BCUT2D eigenvalue weighted by atomic mass is 10.7. The van der Waals surface area contributed by atoms with Crippen molar-refractivity contribution in [3.8, 4) is 5.88 Å². The van der Waals surface area contributed by atoms with E-state index < -0.39 is 0 Å². The van der Waals surface area contributed by atoms with E-state index in [1.165, 1.54) is 12.4 Å². The van der Waals surface area contributed by atoms with E-state index >= 15 is 0 Å². The molecule has 0 fully saturated rings. The number of hydrogen-bond donors (Lipinski definition) is 1. The molecule has 1 heterocycles. The zero-order valence-corrected chi connectivity index (χ0v) is 6.60. The molecule has 0 unspecified atom stereocenters. The first kappa shape index (κ1) is 7.43. The van der Waals surface area contributed by atoms with Gasteiger partial charge in [-0.25, -0.2) is 4.98 Å². The van der Waals surface area contributed by atoms with E-state index in [1.807, 2.05) is 0 Å². The summed E-state index contributed by atoms with van der Waals surface area (Å²) in [4.78, 5) is 7.55. The van der Waals surface area contributed by atoms with E-state index in [0.29, 0.717) is 5.88 Å². The van der Waals surface area contributed by atoms with Crippen LogP contribution in [-0.2, 0) is 0 Å². The molecule has 3 nitrogen and oxygen atoms in total. The van der Waals surface area contributed by atoms with E-state index in [1.54, 1.807) is 6.20 Å². The number of nitrogens with zero attached hydrogens (tertiary/aromatic N) is 2. The Morgan fingerprint density at radius 1 is 1.60 bits per heavy atom. The van der Waals surface area contributed by atoms with Gasteiger partial charge in [-0.15, -0.1) is 0 Å². The third kappa shape index (κ3) is 2.28. The molecule has 0 bridgehead atoms. The van der Waals surface area contributed by atoms with Crippen molar-refractivity contribution in [1.29, 1.82) is 0 Å². The first-order valence-corrected chi connectivity index (χ1v) is 3.31. The Labute approximate surface area is 68.9 Å².